The Balaban J connectivity index is 2.16. The second kappa shape index (κ2) is 7.85. The second-order valence-electron chi connectivity index (χ2n) is 9.22. The minimum Gasteiger partial charge on any atom is -0.462 e. The van der Waals surface area contributed by atoms with Crippen molar-refractivity contribution < 1.29 is 19.7 Å². The third kappa shape index (κ3) is 4.07. The maximum atomic E-state index is 10.9. The Hall–Kier alpha value is -1.13. The molecule has 0 bridgehead atoms. The molecule has 1 saturated carbocycles. The summed E-state index contributed by atoms with van der Waals surface area (Å²) in [4.78, 5) is 10.9. The van der Waals surface area contributed by atoms with E-state index in [1.54, 1.807) is 0 Å². The van der Waals surface area contributed by atoms with Crippen LogP contribution in [0.3, 0.4) is 0 Å². The van der Waals surface area contributed by atoms with Gasteiger partial charge in [-0.3, -0.25) is 4.79 Å². The average Bonchev–Trinajstić information content (AvgIpc) is 2.51. The van der Waals surface area contributed by atoms with E-state index in [0.717, 1.165) is 19.3 Å². The van der Waals surface area contributed by atoms with Gasteiger partial charge in [-0.2, -0.15) is 0 Å². The molecular weight excluding hydrogens is 328 g/mol. The Morgan fingerprint density at radius 2 is 1.96 bits per heavy atom. The zero-order chi connectivity index (χ0) is 19.7. The summed E-state index contributed by atoms with van der Waals surface area (Å²) in [5.41, 5.74) is 2.30. The van der Waals surface area contributed by atoms with Crippen LogP contribution in [-0.4, -0.2) is 35.0 Å². The van der Waals surface area contributed by atoms with Crippen molar-refractivity contribution in [3.8, 4) is 0 Å². The van der Waals surface area contributed by atoms with Crippen LogP contribution in [0.4, 0.5) is 0 Å². The molecule has 0 aliphatic heterocycles. The predicted molar refractivity (Wildman–Crippen MR) is 103 cm³/mol. The van der Waals surface area contributed by atoms with E-state index < -0.39 is 12.2 Å². The Kier molecular flexibility index (Phi) is 6.40. The molecule has 148 valence electrons. The second-order valence-corrected chi connectivity index (χ2v) is 9.22. The normalized spacial score (nSPS) is 36.9. The quantitative estimate of drug-likeness (QED) is 0.571. The fraction of sp³-hybridized carbons (Fsp3) is 0.773. The lowest BCUT2D eigenvalue weighted by molar-refractivity contribution is -0.174. The molecule has 2 aliphatic carbocycles. The number of rotatable bonds is 5. The van der Waals surface area contributed by atoms with E-state index >= 15 is 0 Å². The van der Waals surface area contributed by atoms with E-state index in [1.807, 2.05) is 6.08 Å². The molecule has 0 amide bonds. The number of hydrogen-bond donors (Lipinski definition) is 2. The SMILES string of the molecule is CC(=O)OCC=C(C)CCC1C(C)=CCC2C(C)(C)C(O)C(O)CC12C. The fourth-order valence-corrected chi connectivity index (χ4v) is 5.51. The van der Waals surface area contributed by atoms with Crippen LogP contribution in [-0.2, 0) is 9.53 Å². The molecule has 0 aromatic rings. The Labute approximate surface area is 158 Å². The van der Waals surface area contributed by atoms with Gasteiger partial charge >= 0.3 is 5.97 Å². The first-order chi connectivity index (χ1) is 12.0. The number of carbonyl (C=O) groups is 1. The molecule has 1 fully saturated rings. The molecule has 4 nitrogen and oxygen atoms in total. The molecule has 0 heterocycles. The number of fused-ring (bicyclic) bond motifs is 1. The number of aliphatic hydroxyl groups excluding tert-OH is 2. The maximum absolute atomic E-state index is 10.9. The van der Waals surface area contributed by atoms with Crippen LogP contribution in [0, 0.1) is 22.7 Å². The van der Waals surface area contributed by atoms with Gasteiger partial charge in [0, 0.05) is 6.92 Å². The number of aliphatic hydroxyl groups is 2. The van der Waals surface area contributed by atoms with Crippen LogP contribution in [0.2, 0.25) is 0 Å². The lowest BCUT2D eigenvalue weighted by Gasteiger charge is -2.59. The largest absolute Gasteiger partial charge is 0.462 e. The Morgan fingerprint density at radius 3 is 2.58 bits per heavy atom. The third-order valence-electron chi connectivity index (χ3n) is 7.04. The summed E-state index contributed by atoms with van der Waals surface area (Å²) in [6.45, 7) is 12.5. The summed E-state index contributed by atoms with van der Waals surface area (Å²) in [5.74, 6) is 0.486. The van der Waals surface area contributed by atoms with Gasteiger partial charge in [-0.1, -0.05) is 38.0 Å². The summed E-state index contributed by atoms with van der Waals surface area (Å²) in [5, 5.41) is 21.1. The molecule has 5 unspecified atom stereocenters. The summed E-state index contributed by atoms with van der Waals surface area (Å²) in [7, 11) is 0. The molecule has 0 radical (unpaired) electrons. The standard InChI is InChI=1S/C22H36O4/c1-14(11-12-26-16(3)23)7-9-17-15(2)8-10-19-21(4,5)20(25)18(24)13-22(17,19)6/h8,11,17-20,24-25H,7,9-10,12-13H2,1-6H3. The fourth-order valence-electron chi connectivity index (χ4n) is 5.51. The molecule has 26 heavy (non-hydrogen) atoms. The molecular formula is C22H36O4. The van der Waals surface area contributed by atoms with Gasteiger partial charge in [-0.05, 0) is 68.3 Å². The molecule has 0 saturated heterocycles. The van der Waals surface area contributed by atoms with Crippen LogP contribution in [0.25, 0.3) is 0 Å². The molecule has 0 spiro atoms. The van der Waals surface area contributed by atoms with Crippen LogP contribution in [0.1, 0.15) is 67.2 Å². The van der Waals surface area contributed by atoms with E-state index in [-0.39, 0.29) is 16.8 Å². The van der Waals surface area contributed by atoms with Gasteiger partial charge in [0.05, 0.1) is 12.2 Å². The summed E-state index contributed by atoms with van der Waals surface area (Å²) < 4.78 is 5.00. The highest BCUT2D eigenvalue weighted by Gasteiger charge is 2.57. The van der Waals surface area contributed by atoms with Crippen LogP contribution in [0.15, 0.2) is 23.3 Å². The lowest BCUT2D eigenvalue weighted by atomic mass is 9.47. The maximum Gasteiger partial charge on any atom is 0.302 e. The van der Waals surface area contributed by atoms with Crippen molar-refractivity contribution in [2.24, 2.45) is 22.7 Å². The lowest BCUT2D eigenvalue weighted by Crippen LogP contribution is -2.59. The molecule has 5 atom stereocenters. The highest BCUT2D eigenvalue weighted by molar-refractivity contribution is 5.66. The monoisotopic (exact) mass is 364 g/mol. The number of allylic oxidation sites excluding steroid dienone is 3. The van der Waals surface area contributed by atoms with Crippen molar-refractivity contribution in [1.29, 1.82) is 0 Å². The molecule has 4 heteroatoms. The summed E-state index contributed by atoms with van der Waals surface area (Å²) >= 11 is 0. The zero-order valence-corrected chi connectivity index (χ0v) is 17.2. The van der Waals surface area contributed by atoms with Crippen molar-refractivity contribution in [3.05, 3.63) is 23.3 Å². The van der Waals surface area contributed by atoms with Gasteiger partial charge in [0.1, 0.15) is 6.61 Å². The Bertz CT molecular complexity index is 589. The van der Waals surface area contributed by atoms with Gasteiger partial charge in [-0.15, -0.1) is 0 Å². The number of carbonyl (C=O) groups excluding carboxylic acids is 1. The van der Waals surface area contributed by atoms with Crippen molar-refractivity contribution in [3.63, 3.8) is 0 Å². The molecule has 2 rings (SSSR count). The molecule has 2 N–H and O–H groups in total. The highest BCUT2D eigenvalue weighted by Crippen LogP contribution is 2.60. The van der Waals surface area contributed by atoms with Gasteiger partial charge in [-0.25, -0.2) is 0 Å². The number of esters is 1. The topological polar surface area (TPSA) is 66.8 Å². The van der Waals surface area contributed by atoms with Crippen LogP contribution < -0.4 is 0 Å². The van der Waals surface area contributed by atoms with Crippen LogP contribution in [0.5, 0.6) is 0 Å². The third-order valence-corrected chi connectivity index (χ3v) is 7.04. The smallest absolute Gasteiger partial charge is 0.302 e. The number of ether oxygens (including phenoxy) is 1. The van der Waals surface area contributed by atoms with E-state index in [9.17, 15) is 15.0 Å². The van der Waals surface area contributed by atoms with Crippen molar-refractivity contribution in [1.82, 2.24) is 0 Å². The van der Waals surface area contributed by atoms with Crippen molar-refractivity contribution in [2.45, 2.75) is 79.4 Å². The van der Waals surface area contributed by atoms with E-state index in [1.165, 1.54) is 18.1 Å². The minimum absolute atomic E-state index is 0.0167. The molecule has 0 aromatic heterocycles. The van der Waals surface area contributed by atoms with Crippen LogP contribution >= 0.6 is 0 Å². The number of hydrogen-bond acceptors (Lipinski definition) is 4. The summed E-state index contributed by atoms with van der Waals surface area (Å²) in [6, 6.07) is 0. The van der Waals surface area contributed by atoms with Crippen molar-refractivity contribution >= 4 is 5.97 Å². The highest BCUT2D eigenvalue weighted by atomic mass is 16.5. The van der Waals surface area contributed by atoms with Gasteiger partial charge in [0.15, 0.2) is 0 Å². The first-order valence-corrected chi connectivity index (χ1v) is 9.82. The summed E-state index contributed by atoms with van der Waals surface area (Å²) in [6.07, 6.45) is 6.55. The van der Waals surface area contributed by atoms with Gasteiger partial charge < -0.3 is 14.9 Å². The van der Waals surface area contributed by atoms with E-state index in [0.29, 0.717) is 24.9 Å². The predicted octanol–water partition coefficient (Wildman–Crippen LogP) is 4.02. The average molecular weight is 365 g/mol. The van der Waals surface area contributed by atoms with Gasteiger partial charge in [0.2, 0.25) is 0 Å². The van der Waals surface area contributed by atoms with Crippen molar-refractivity contribution in [2.75, 3.05) is 6.61 Å². The molecule has 2 aliphatic rings. The van der Waals surface area contributed by atoms with E-state index in [4.69, 9.17) is 4.74 Å². The first-order valence-electron chi connectivity index (χ1n) is 9.82. The molecule has 0 aromatic carbocycles. The van der Waals surface area contributed by atoms with E-state index in [2.05, 4.69) is 40.7 Å². The van der Waals surface area contributed by atoms with Gasteiger partial charge in [0.25, 0.3) is 0 Å². The zero-order valence-electron chi connectivity index (χ0n) is 17.2. The minimum atomic E-state index is -0.668. The first kappa shape index (κ1) is 21.2. The Morgan fingerprint density at radius 1 is 1.31 bits per heavy atom.